The van der Waals surface area contributed by atoms with Crippen LogP contribution in [0.25, 0.3) is 5.69 Å². The van der Waals surface area contributed by atoms with E-state index >= 15 is 0 Å². The van der Waals surface area contributed by atoms with Gasteiger partial charge >= 0.3 is 0 Å². The second-order valence-corrected chi connectivity index (χ2v) is 7.54. The third-order valence-electron chi connectivity index (χ3n) is 3.49. The van der Waals surface area contributed by atoms with Crippen LogP contribution in [-0.4, -0.2) is 36.3 Å². The largest absolute Gasteiger partial charge is 0.308 e. The van der Waals surface area contributed by atoms with E-state index in [1.54, 1.807) is 11.6 Å². The van der Waals surface area contributed by atoms with Gasteiger partial charge in [-0.15, -0.1) is 5.10 Å². The predicted octanol–water partition coefficient (Wildman–Crippen LogP) is 3.79. The van der Waals surface area contributed by atoms with E-state index in [1.165, 1.54) is 24.0 Å². The Kier molecular flexibility index (Phi) is 5.75. The van der Waals surface area contributed by atoms with Gasteiger partial charge in [-0.05, 0) is 42.0 Å². The molecule has 10 heteroatoms. The number of carbonyl (C=O) groups is 1. The highest BCUT2D eigenvalue weighted by atomic mass is 35.5. The topological polar surface area (TPSA) is 85.6 Å². The summed E-state index contributed by atoms with van der Waals surface area (Å²) in [6.45, 7) is 3.72. The summed E-state index contributed by atoms with van der Waals surface area (Å²) >= 11 is 13.1. The molecule has 3 rings (SSSR count). The molecular weight excluding hydrogens is 395 g/mol. The van der Waals surface area contributed by atoms with Crippen molar-refractivity contribution in [3.8, 4) is 5.69 Å². The lowest BCUT2D eigenvalue weighted by molar-refractivity contribution is -0.115. The monoisotopic (exact) mass is 408 g/mol. The number of thioether (sulfide) groups is 1. The Labute approximate surface area is 164 Å². The highest BCUT2D eigenvalue weighted by molar-refractivity contribution is 8.00. The minimum absolute atomic E-state index is 0.256. The van der Waals surface area contributed by atoms with Crippen molar-refractivity contribution in [3.05, 3.63) is 52.1 Å². The van der Waals surface area contributed by atoms with Crippen molar-refractivity contribution in [3.63, 3.8) is 0 Å². The van der Waals surface area contributed by atoms with Gasteiger partial charge in [0.1, 0.15) is 0 Å². The number of hydrogen-bond acceptors (Lipinski definition) is 6. The van der Waals surface area contributed by atoms with Gasteiger partial charge in [-0.1, -0.05) is 53.2 Å². The number of aromatic nitrogens is 5. The van der Waals surface area contributed by atoms with Crippen LogP contribution in [0.5, 0.6) is 0 Å². The maximum atomic E-state index is 12.4. The number of pyridine rings is 1. The molecule has 7 nitrogen and oxygen atoms in total. The van der Waals surface area contributed by atoms with Gasteiger partial charge in [0.05, 0.1) is 21.0 Å². The summed E-state index contributed by atoms with van der Waals surface area (Å²) in [5.41, 5.74) is 1.88. The van der Waals surface area contributed by atoms with Crippen LogP contribution in [0, 0.1) is 6.92 Å². The summed E-state index contributed by atoms with van der Waals surface area (Å²) in [5, 5.41) is 15.1. The van der Waals surface area contributed by atoms with Gasteiger partial charge in [-0.25, -0.2) is 4.98 Å². The molecule has 1 atom stereocenters. The number of halogens is 2. The lowest BCUT2D eigenvalue weighted by Crippen LogP contribution is -2.23. The fraction of sp³-hybridized carbons (Fsp3) is 0.188. The van der Waals surface area contributed by atoms with E-state index in [0.717, 1.165) is 11.3 Å². The van der Waals surface area contributed by atoms with Crippen LogP contribution in [0.15, 0.2) is 41.7 Å². The summed E-state index contributed by atoms with van der Waals surface area (Å²) in [5.74, 6) is -0.0157. The Morgan fingerprint density at radius 3 is 2.81 bits per heavy atom. The van der Waals surface area contributed by atoms with Crippen molar-refractivity contribution in [1.82, 2.24) is 25.2 Å². The molecule has 1 N–H and O–H groups in total. The summed E-state index contributed by atoms with van der Waals surface area (Å²) in [6, 6.07) is 9.24. The van der Waals surface area contributed by atoms with Gasteiger partial charge in [0.2, 0.25) is 11.1 Å². The summed E-state index contributed by atoms with van der Waals surface area (Å²) < 4.78 is 1.61. The van der Waals surface area contributed by atoms with Crippen molar-refractivity contribution in [2.75, 3.05) is 5.32 Å². The Bertz CT molecular complexity index is 948. The fourth-order valence-corrected chi connectivity index (χ4v) is 3.37. The van der Waals surface area contributed by atoms with Crippen LogP contribution < -0.4 is 5.32 Å². The second kappa shape index (κ2) is 8.03. The Balaban J connectivity index is 1.74. The number of amides is 1. The first-order chi connectivity index (χ1) is 12.5. The molecule has 2 aromatic heterocycles. The minimum Gasteiger partial charge on any atom is -0.308 e. The number of para-hydroxylation sites is 1. The number of hydrogen-bond donors (Lipinski definition) is 1. The molecular formula is C16H14Cl2N6OS. The van der Waals surface area contributed by atoms with E-state index in [1.807, 2.05) is 31.2 Å². The standard InChI is InChI=1S/C16H14Cl2N6OS/c1-9-5-3-4-6-13(9)24-16(21-22-23-24)26-10(2)15(25)20-14-12(18)7-11(17)8-19-14/h3-8,10H,1-2H3,(H,19,20,25). The number of nitrogens with zero attached hydrogens (tertiary/aromatic N) is 5. The average molecular weight is 409 g/mol. The van der Waals surface area contributed by atoms with E-state index in [-0.39, 0.29) is 16.7 Å². The van der Waals surface area contributed by atoms with Crippen molar-refractivity contribution in [2.24, 2.45) is 0 Å². The molecule has 1 amide bonds. The van der Waals surface area contributed by atoms with Crippen LogP contribution in [0.4, 0.5) is 5.82 Å². The highest BCUT2D eigenvalue weighted by Crippen LogP contribution is 2.27. The van der Waals surface area contributed by atoms with Crippen molar-refractivity contribution >= 4 is 46.7 Å². The lowest BCUT2D eigenvalue weighted by Gasteiger charge is -2.12. The number of nitrogens with one attached hydrogen (secondary N) is 1. The summed E-state index contributed by atoms with van der Waals surface area (Å²) in [4.78, 5) is 16.5. The van der Waals surface area contributed by atoms with Crippen molar-refractivity contribution < 1.29 is 4.79 Å². The summed E-state index contributed by atoms with van der Waals surface area (Å²) in [6.07, 6.45) is 1.42. The van der Waals surface area contributed by atoms with E-state index in [9.17, 15) is 4.79 Å². The zero-order valence-corrected chi connectivity index (χ0v) is 16.2. The van der Waals surface area contributed by atoms with Crippen LogP contribution in [0.2, 0.25) is 10.0 Å². The first-order valence-corrected chi connectivity index (χ1v) is 9.22. The van der Waals surface area contributed by atoms with Crippen molar-refractivity contribution in [2.45, 2.75) is 24.3 Å². The maximum Gasteiger partial charge on any atom is 0.238 e. The van der Waals surface area contributed by atoms with Gasteiger partial charge in [-0.3, -0.25) is 4.79 Å². The number of tetrazole rings is 1. The number of benzene rings is 1. The van der Waals surface area contributed by atoms with E-state index in [0.29, 0.717) is 10.2 Å². The molecule has 0 aliphatic heterocycles. The molecule has 1 unspecified atom stereocenters. The van der Waals surface area contributed by atoms with Crippen LogP contribution in [-0.2, 0) is 4.79 Å². The molecule has 2 heterocycles. The Hall–Kier alpha value is -2.16. The quantitative estimate of drug-likeness (QED) is 0.646. The first-order valence-electron chi connectivity index (χ1n) is 7.58. The molecule has 1 aromatic carbocycles. The van der Waals surface area contributed by atoms with E-state index in [2.05, 4.69) is 25.8 Å². The molecule has 0 saturated heterocycles. The summed E-state index contributed by atoms with van der Waals surface area (Å²) in [7, 11) is 0. The molecule has 134 valence electrons. The fourth-order valence-electron chi connectivity index (χ4n) is 2.14. The van der Waals surface area contributed by atoms with E-state index in [4.69, 9.17) is 23.2 Å². The third-order valence-corrected chi connectivity index (χ3v) is 5.01. The smallest absolute Gasteiger partial charge is 0.238 e. The van der Waals surface area contributed by atoms with Crippen LogP contribution in [0.3, 0.4) is 0 Å². The van der Waals surface area contributed by atoms with Gasteiger partial charge < -0.3 is 5.32 Å². The maximum absolute atomic E-state index is 12.4. The molecule has 0 radical (unpaired) electrons. The van der Waals surface area contributed by atoms with Gasteiger partial charge in [0, 0.05) is 6.20 Å². The Morgan fingerprint density at radius 1 is 1.31 bits per heavy atom. The molecule has 26 heavy (non-hydrogen) atoms. The van der Waals surface area contributed by atoms with Gasteiger partial charge in [-0.2, -0.15) is 4.68 Å². The van der Waals surface area contributed by atoms with Crippen LogP contribution in [0.1, 0.15) is 12.5 Å². The number of anilines is 1. The van der Waals surface area contributed by atoms with Crippen LogP contribution >= 0.6 is 35.0 Å². The SMILES string of the molecule is Cc1ccccc1-n1nnnc1SC(C)C(=O)Nc1ncc(Cl)cc1Cl. The average Bonchev–Trinajstić information content (AvgIpc) is 3.05. The Morgan fingerprint density at radius 2 is 2.08 bits per heavy atom. The lowest BCUT2D eigenvalue weighted by atomic mass is 10.2. The van der Waals surface area contributed by atoms with E-state index < -0.39 is 5.25 Å². The zero-order chi connectivity index (χ0) is 18.7. The number of rotatable bonds is 5. The third kappa shape index (κ3) is 4.14. The second-order valence-electron chi connectivity index (χ2n) is 5.39. The van der Waals surface area contributed by atoms with Gasteiger partial charge in [0.25, 0.3) is 0 Å². The van der Waals surface area contributed by atoms with Gasteiger partial charge in [0.15, 0.2) is 5.82 Å². The van der Waals surface area contributed by atoms with Crippen molar-refractivity contribution in [1.29, 1.82) is 0 Å². The molecule has 0 saturated carbocycles. The first kappa shape index (κ1) is 18.6. The zero-order valence-electron chi connectivity index (χ0n) is 13.8. The number of carbonyl (C=O) groups excluding carboxylic acids is 1. The minimum atomic E-state index is -0.475. The molecule has 0 aliphatic rings. The molecule has 0 fully saturated rings. The predicted molar refractivity (Wildman–Crippen MR) is 102 cm³/mol. The number of aryl methyl sites for hydroxylation is 1. The molecule has 3 aromatic rings. The molecule has 0 bridgehead atoms. The normalized spacial score (nSPS) is 12.0. The molecule has 0 aliphatic carbocycles. The molecule has 0 spiro atoms. The highest BCUT2D eigenvalue weighted by Gasteiger charge is 2.21.